The number of rotatable bonds is 33. The van der Waals surface area contributed by atoms with Crippen LogP contribution >= 0.6 is 0 Å². The number of phenols is 2. The lowest BCUT2D eigenvalue weighted by Crippen LogP contribution is -2.54. The minimum absolute atomic E-state index is 0.0111. The number of nitrogens with one attached hydrogen (secondary N) is 1. The van der Waals surface area contributed by atoms with Crippen molar-refractivity contribution < 1.29 is 71.3 Å². The third-order valence-corrected chi connectivity index (χ3v) is 13.1. The average Bonchev–Trinajstić information content (AvgIpc) is 3.16. The molecule has 2 aliphatic heterocycles. The fraction of sp³-hybridized carbons (Fsp3) is 0.805. The Morgan fingerprint density at radius 2 is 1.19 bits per heavy atom. The number of unbranched alkanes of at least 4 members (excludes halogenated alkanes) is 16. The number of aromatic hydroxyl groups is 2. The number of amides is 2. The highest BCUT2D eigenvalue weighted by atomic mass is 32.3. The van der Waals surface area contributed by atoms with E-state index in [0.717, 1.165) is 89.0 Å². The molecule has 21 heteroatoms. The largest absolute Gasteiger partial charge is 0.726 e. The fourth-order valence-corrected chi connectivity index (χ4v) is 10.2. The number of nitrogens with zero attached hydrogens (tertiary/aromatic N) is 1. The highest BCUT2D eigenvalue weighted by Crippen LogP contribution is 2.43. The van der Waals surface area contributed by atoms with Crippen LogP contribution in [0.5, 0.6) is 11.5 Å². The van der Waals surface area contributed by atoms with Crippen molar-refractivity contribution in [2.24, 2.45) is 0 Å². The van der Waals surface area contributed by atoms with Gasteiger partial charge in [0.25, 0.3) is 0 Å². The van der Waals surface area contributed by atoms with Gasteiger partial charge in [0.15, 0.2) is 0 Å². The van der Waals surface area contributed by atoms with Crippen LogP contribution in [0.3, 0.4) is 0 Å². The van der Waals surface area contributed by atoms with Gasteiger partial charge in [-0.1, -0.05) is 116 Å². The lowest BCUT2D eigenvalue weighted by Gasteiger charge is -2.43. The predicted molar refractivity (Wildman–Crippen MR) is 225 cm³/mol. The number of fused-ring (bicyclic) bond motifs is 3. The summed E-state index contributed by atoms with van der Waals surface area (Å²) in [6.45, 7) is 2.55. The summed E-state index contributed by atoms with van der Waals surface area (Å²) >= 11 is 0. The van der Waals surface area contributed by atoms with Crippen molar-refractivity contribution in [3.05, 3.63) is 23.3 Å². The summed E-state index contributed by atoms with van der Waals surface area (Å²) in [7, 11) is -15.9. The molecule has 0 aromatic heterocycles. The molecule has 2 amide bonds. The SMILES string of the molecule is CCCCCCCCCC[C@H](OS(=O)(=O)[O-])[C@H](CC[C@H](CCCCCCCCCCCCC(=O)N[C@H]1CC[C@@H]2c3c(O)cc(O)cc3CCN2C1=O)OS(=O)(=O)[O-])OS(=O)(=O)[O-]. The number of benzene rings is 1. The number of carbonyl (C=O) groups is 2. The van der Waals surface area contributed by atoms with Crippen LogP contribution in [-0.4, -0.2) is 96.7 Å². The maximum absolute atomic E-state index is 13.2. The lowest BCUT2D eigenvalue weighted by atomic mass is 9.84. The molecule has 0 saturated carbocycles. The van der Waals surface area contributed by atoms with Crippen LogP contribution in [0.1, 0.15) is 185 Å². The standard InChI is InChI=1S/C41H70N2O16S3/c1-2-3-4-5-6-12-15-18-21-37(58-61(51,52)53)38(59-62(54,55)56)26-23-33(57-60(48,49)50)20-17-14-11-9-7-8-10-13-16-19-22-39(46)42-34-24-25-35-40-31(27-28-43(35)41(34)47)29-32(44)30-36(40)45/h29-30,33-35,37-38,44-45H,2-28H2,1H3,(H,42,46)(H,48,49,50)(H,51,52,53)(H,54,55,56)/p-3/t33-,34-,35+,37-,38-/m0/s1. The second-order valence-electron chi connectivity index (χ2n) is 16.7. The van der Waals surface area contributed by atoms with Crippen LogP contribution in [-0.2, 0) is 59.8 Å². The van der Waals surface area contributed by atoms with Gasteiger partial charge in [-0.25, -0.2) is 25.3 Å². The van der Waals surface area contributed by atoms with E-state index in [2.05, 4.69) is 20.6 Å². The van der Waals surface area contributed by atoms with Crippen molar-refractivity contribution in [3.63, 3.8) is 0 Å². The van der Waals surface area contributed by atoms with Gasteiger partial charge in [0.1, 0.15) is 29.7 Å². The van der Waals surface area contributed by atoms with Gasteiger partial charge < -0.3 is 34.1 Å². The molecule has 62 heavy (non-hydrogen) atoms. The quantitative estimate of drug-likeness (QED) is 0.0394. The van der Waals surface area contributed by atoms with Crippen molar-refractivity contribution in [1.29, 1.82) is 0 Å². The molecule has 3 N–H and O–H groups in total. The molecular weight excluding hydrogens is 873 g/mol. The van der Waals surface area contributed by atoms with Gasteiger partial charge in [-0.05, 0) is 63.0 Å². The fourth-order valence-electron chi connectivity index (χ4n) is 8.64. The summed E-state index contributed by atoms with van der Waals surface area (Å²) in [6.07, 6.45) is 11.7. The highest BCUT2D eigenvalue weighted by molar-refractivity contribution is 7.81. The zero-order valence-electron chi connectivity index (χ0n) is 35.9. The Morgan fingerprint density at radius 1 is 0.694 bits per heavy atom. The van der Waals surface area contributed by atoms with Gasteiger partial charge in [0.05, 0.1) is 12.1 Å². The second kappa shape index (κ2) is 27.0. The molecule has 0 aliphatic carbocycles. The van der Waals surface area contributed by atoms with E-state index in [9.17, 15) is 58.7 Å². The Kier molecular flexibility index (Phi) is 23.4. The van der Waals surface area contributed by atoms with Gasteiger partial charge in [0, 0.05) is 24.6 Å². The Hall–Kier alpha value is -2.63. The molecule has 0 radical (unpaired) electrons. The van der Waals surface area contributed by atoms with E-state index in [0.29, 0.717) is 69.9 Å². The molecule has 5 atom stereocenters. The van der Waals surface area contributed by atoms with E-state index in [1.165, 1.54) is 6.07 Å². The molecule has 1 fully saturated rings. The van der Waals surface area contributed by atoms with Crippen LogP contribution in [0, 0.1) is 0 Å². The molecule has 3 rings (SSSR count). The Balaban J connectivity index is 1.32. The smallest absolute Gasteiger partial charge is 0.245 e. The third-order valence-electron chi connectivity index (χ3n) is 11.7. The van der Waals surface area contributed by atoms with Crippen LogP contribution in [0.15, 0.2) is 12.1 Å². The maximum Gasteiger partial charge on any atom is 0.245 e. The second-order valence-corrected chi connectivity index (χ2v) is 19.7. The summed E-state index contributed by atoms with van der Waals surface area (Å²) in [4.78, 5) is 27.6. The maximum atomic E-state index is 13.2. The third kappa shape index (κ3) is 21.4. The van der Waals surface area contributed by atoms with Crippen molar-refractivity contribution >= 4 is 43.0 Å². The van der Waals surface area contributed by atoms with Gasteiger partial charge in [0.2, 0.25) is 43.0 Å². The van der Waals surface area contributed by atoms with Crippen molar-refractivity contribution in [2.75, 3.05) is 6.54 Å². The molecule has 358 valence electrons. The van der Waals surface area contributed by atoms with Crippen LogP contribution in [0.4, 0.5) is 0 Å². The van der Waals surface area contributed by atoms with Gasteiger partial charge in [-0.3, -0.25) is 22.1 Å². The average molecular weight is 940 g/mol. The van der Waals surface area contributed by atoms with Gasteiger partial charge >= 0.3 is 0 Å². The van der Waals surface area contributed by atoms with Crippen molar-refractivity contribution in [2.45, 2.75) is 204 Å². The molecule has 2 heterocycles. The zero-order chi connectivity index (χ0) is 45.8. The molecular formula is C41H67N2O16S3-3. The molecule has 1 saturated heterocycles. The van der Waals surface area contributed by atoms with Crippen molar-refractivity contribution in [3.8, 4) is 11.5 Å². The number of piperidine rings is 1. The van der Waals surface area contributed by atoms with E-state index in [4.69, 9.17) is 4.18 Å². The van der Waals surface area contributed by atoms with Gasteiger partial charge in [-0.15, -0.1) is 0 Å². The molecule has 18 nitrogen and oxygen atoms in total. The molecule has 0 unspecified atom stereocenters. The normalized spacial score (nSPS) is 18.5. The minimum Gasteiger partial charge on any atom is -0.726 e. The van der Waals surface area contributed by atoms with E-state index in [1.54, 1.807) is 11.0 Å². The molecule has 1 aromatic carbocycles. The van der Waals surface area contributed by atoms with E-state index < -0.39 is 62.0 Å². The monoisotopic (exact) mass is 939 g/mol. The summed E-state index contributed by atoms with van der Waals surface area (Å²) in [5.74, 6) is -0.362. The molecule has 0 spiro atoms. The van der Waals surface area contributed by atoms with E-state index >= 15 is 0 Å². The first kappa shape index (κ1) is 53.7. The van der Waals surface area contributed by atoms with E-state index in [1.807, 2.05) is 0 Å². The molecule has 2 aliphatic rings. The van der Waals surface area contributed by atoms with E-state index in [-0.39, 0.29) is 48.6 Å². The highest BCUT2D eigenvalue weighted by Gasteiger charge is 2.41. The first-order valence-corrected chi connectivity index (χ1v) is 26.3. The number of phenolic OH excluding ortho intramolecular Hbond substituents is 2. The van der Waals surface area contributed by atoms with Crippen LogP contribution < -0.4 is 5.32 Å². The Morgan fingerprint density at radius 3 is 1.74 bits per heavy atom. The van der Waals surface area contributed by atoms with Gasteiger partial charge in [-0.2, -0.15) is 0 Å². The summed E-state index contributed by atoms with van der Waals surface area (Å²) in [6, 6.07) is 2.03. The van der Waals surface area contributed by atoms with Crippen LogP contribution in [0.25, 0.3) is 0 Å². The Bertz CT molecular complexity index is 1860. The molecule has 0 bridgehead atoms. The predicted octanol–water partition coefficient (Wildman–Crippen LogP) is 6.33. The summed E-state index contributed by atoms with van der Waals surface area (Å²) < 4.78 is 118. The molecule has 1 aromatic rings. The minimum atomic E-state index is -5.40. The Labute approximate surface area is 368 Å². The summed E-state index contributed by atoms with van der Waals surface area (Å²) in [5.41, 5.74) is 1.50. The topological polar surface area (TPSA) is 289 Å². The number of carbonyl (C=O) groups excluding carboxylic acids is 2. The lowest BCUT2D eigenvalue weighted by molar-refractivity contribution is -0.142. The summed E-state index contributed by atoms with van der Waals surface area (Å²) in [5, 5.41) is 23.2. The number of hydrogen-bond acceptors (Lipinski definition) is 16. The first-order valence-electron chi connectivity index (χ1n) is 22.3. The van der Waals surface area contributed by atoms with Crippen LogP contribution in [0.2, 0.25) is 0 Å². The number of hydrogen-bond donors (Lipinski definition) is 3. The first-order chi connectivity index (χ1) is 29.3. The van der Waals surface area contributed by atoms with Crippen molar-refractivity contribution in [1.82, 2.24) is 10.2 Å². The zero-order valence-corrected chi connectivity index (χ0v) is 38.4.